The summed E-state index contributed by atoms with van der Waals surface area (Å²) >= 11 is 0. The SMILES string of the molecule is Cc1ccc(COc2ccc(CNC[C@@H](O)c3ccccc3)cc2)cc1. The van der Waals surface area contributed by atoms with Gasteiger partial charge in [0, 0.05) is 13.1 Å². The molecular formula is C23H25NO2. The molecule has 3 aromatic rings. The van der Waals surface area contributed by atoms with Gasteiger partial charge in [0.2, 0.25) is 0 Å². The Bertz CT molecular complexity index is 783. The minimum absolute atomic E-state index is 0.492. The Hall–Kier alpha value is -2.62. The fourth-order valence-electron chi connectivity index (χ4n) is 2.70. The molecule has 3 nitrogen and oxygen atoms in total. The fraction of sp³-hybridized carbons (Fsp3) is 0.217. The van der Waals surface area contributed by atoms with Gasteiger partial charge >= 0.3 is 0 Å². The lowest BCUT2D eigenvalue weighted by molar-refractivity contribution is 0.174. The number of hydrogen-bond acceptors (Lipinski definition) is 3. The van der Waals surface area contributed by atoms with E-state index in [0.29, 0.717) is 19.7 Å². The topological polar surface area (TPSA) is 41.5 Å². The van der Waals surface area contributed by atoms with Gasteiger partial charge in [0.05, 0.1) is 6.10 Å². The lowest BCUT2D eigenvalue weighted by Crippen LogP contribution is -2.20. The zero-order valence-electron chi connectivity index (χ0n) is 15.1. The number of rotatable bonds is 8. The summed E-state index contributed by atoms with van der Waals surface area (Å²) in [6.07, 6.45) is -0.492. The van der Waals surface area contributed by atoms with Crippen molar-refractivity contribution in [3.05, 3.63) is 101 Å². The average molecular weight is 347 g/mol. The third-order valence-electron chi connectivity index (χ3n) is 4.30. The number of aliphatic hydroxyl groups excluding tert-OH is 1. The van der Waals surface area contributed by atoms with Crippen LogP contribution < -0.4 is 10.1 Å². The Morgan fingerprint density at radius 1 is 0.846 bits per heavy atom. The molecule has 0 aliphatic carbocycles. The molecule has 0 spiro atoms. The normalized spacial score (nSPS) is 11.9. The lowest BCUT2D eigenvalue weighted by Gasteiger charge is -2.12. The predicted octanol–water partition coefficient (Wildman–Crippen LogP) is 4.40. The first kappa shape index (κ1) is 18.2. The largest absolute Gasteiger partial charge is 0.489 e. The molecule has 3 rings (SSSR count). The maximum atomic E-state index is 10.2. The van der Waals surface area contributed by atoms with Crippen LogP contribution in [0.25, 0.3) is 0 Å². The Morgan fingerprint density at radius 2 is 1.50 bits per heavy atom. The second kappa shape index (κ2) is 9.18. The van der Waals surface area contributed by atoms with Crippen LogP contribution in [0.4, 0.5) is 0 Å². The monoisotopic (exact) mass is 347 g/mol. The molecule has 134 valence electrons. The summed E-state index contributed by atoms with van der Waals surface area (Å²) < 4.78 is 5.83. The van der Waals surface area contributed by atoms with E-state index in [1.54, 1.807) is 0 Å². The van der Waals surface area contributed by atoms with Crippen LogP contribution in [-0.4, -0.2) is 11.7 Å². The van der Waals surface area contributed by atoms with Gasteiger partial charge in [-0.25, -0.2) is 0 Å². The van der Waals surface area contributed by atoms with Crippen molar-refractivity contribution < 1.29 is 9.84 Å². The van der Waals surface area contributed by atoms with Crippen LogP contribution in [0.2, 0.25) is 0 Å². The Balaban J connectivity index is 1.43. The molecule has 0 unspecified atom stereocenters. The van der Waals surface area contributed by atoms with E-state index in [1.165, 1.54) is 5.56 Å². The first-order chi connectivity index (χ1) is 12.7. The Labute approximate surface area is 155 Å². The van der Waals surface area contributed by atoms with Crippen LogP contribution in [0.15, 0.2) is 78.9 Å². The van der Waals surface area contributed by atoms with Gasteiger partial charge < -0.3 is 15.2 Å². The van der Waals surface area contributed by atoms with Crippen molar-refractivity contribution in [2.45, 2.75) is 26.2 Å². The van der Waals surface area contributed by atoms with Crippen LogP contribution in [0.5, 0.6) is 5.75 Å². The van der Waals surface area contributed by atoms with Crippen LogP contribution in [0, 0.1) is 6.92 Å². The molecule has 26 heavy (non-hydrogen) atoms. The highest BCUT2D eigenvalue weighted by Gasteiger charge is 2.06. The predicted molar refractivity (Wildman–Crippen MR) is 105 cm³/mol. The van der Waals surface area contributed by atoms with E-state index in [1.807, 2.05) is 54.6 Å². The van der Waals surface area contributed by atoms with Gasteiger partial charge in [-0.2, -0.15) is 0 Å². The smallest absolute Gasteiger partial charge is 0.119 e. The van der Waals surface area contributed by atoms with E-state index < -0.39 is 6.10 Å². The summed E-state index contributed by atoms with van der Waals surface area (Å²) in [5, 5.41) is 13.4. The van der Waals surface area contributed by atoms with Gasteiger partial charge in [-0.15, -0.1) is 0 Å². The minimum atomic E-state index is -0.492. The van der Waals surface area contributed by atoms with Crippen molar-refractivity contribution in [1.82, 2.24) is 5.32 Å². The molecule has 3 aromatic carbocycles. The third-order valence-corrected chi connectivity index (χ3v) is 4.30. The maximum Gasteiger partial charge on any atom is 0.119 e. The van der Waals surface area contributed by atoms with Gasteiger partial charge in [-0.1, -0.05) is 72.3 Å². The third kappa shape index (κ3) is 5.45. The van der Waals surface area contributed by atoms with Gasteiger partial charge in [0.25, 0.3) is 0 Å². The van der Waals surface area contributed by atoms with Crippen molar-refractivity contribution in [3.8, 4) is 5.75 Å². The Kier molecular flexibility index (Phi) is 6.42. The molecule has 2 N–H and O–H groups in total. The molecule has 0 heterocycles. The zero-order valence-corrected chi connectivity index (χ0v) is 15.1. The van der Waals surface area contributed by atoms with Gasteiger partial charge in [0.1, 0.15) is 12.4 Å². The van der Waals surface area contributed by atoms with Crippen LogP contribution >= 0.6 is 0 Å². The number of nitrogens with one attached hydrogen (secondary N) is 1. The number of benzene rings is 3. The molecule has 1 atom stereocenters. The number of ether oxygens (including phenoxy) is 1. The average Bonchev–Trinajstić information content (AvgIpc) is 2.69. The summed E-state index contributed by atoms with van der Waals surface area (Å²) in [5.74, 6) is 0.860. The van der Waals surface area contributed by atoms with Crippen molar-refractivity contribution in [1.29, 1.82) is 0 Å². The van der Waals surface area contributed by atoms with E-state index in [2.05, 4.69) is 36.5 Å². The van der Waals surface area contributed by atoms with Crippen LogP contribution in [0.3, 0.4) is 0 Å². The van der Waals surface area contributed by atoms with Gasteiger partial charge in [-0.05, 0) is 35.7 Å². The van der Waals surface area contributed by atoms with E-state index in [-0.39, 0.29) is 0 Å². The molecule has 0 radical (unpaired) electrons. The molecule has 0 aliphatic heterocycles. The van der Waals surface area contributed by atoms with E-state index in [0.717, 1.165) is 22.4 Å². The lowest BCUT2D eigenvalue weighted by atomic mass is 10.1. The standard InChI is InChI=1S/C23H25NO2/c1-18-7-9-20(10-8-18)17-26-22-13-11-19(12-14-22)15-24-16-23(25)21-5-3-2-4-6-21/h2-14,23-25H,15-17H2,1H3/t23-/m1/s1. The van der Waals surface area contributed by atoms with Crippen molar-refractivity contribution in [2.75, 3.05) is 6.54 Å². The minimum Gasteiger partial charge on any atom is -0.489 e. The van der Waals surface area contributed by atoms with E-state index in [9.17, 15) is 5.11 Å². The van der Waals surface area contributed by atoms with Crippen molar-refractivity contribution in [2.24, 2.45) is 0 Å². The summed E-state index contributed by atoms with van der Waals surface area (Å²) in [4.78, 5) is 0. The van der Waals surface area contributed by atoms with Gasteiger partial charge in [-0.3, -0.25) is 0 Å². The van der Waals surface area contributed by atoms with E-state index >= 15 is 0 Å². The number of aryl methyl sites for hydroxylation is 1. The highest BCUT2D eigenvalue weighted by atomic mass is 16.5. The molecule has 0 saturated carbocycles. The highest BCUT2D eigenvalue weighted by Crippen LogP contribution is 2.15. The fourth-order valence-corrected chi connectivity index (χ4v) is 2.70. The molecule has 3 heteroatoms. The quantitative estimate of drug-likeness (QED) is 0.635. The molecule has 0 aromatic heterocycles. The Morgan fingerprint density at radius 3 is 2.19 bits per heavy atom. The maximum absolute atomic E-state index is 10.2. The first-order valence-electron chi connectivity index (χ1n) is 8.92. The molecule has 0 amide bonds. The summed E-state index contributed by atoms with van der Waals surface area (Å²) in [5.41, 5.74) is 4.51. The second-order valence-corrected chi connectivity index (χ2v) is 6.48. The van der Waals surface area contributed by atoms with Crippen LogP contribution in [0.1, 0.15) is 28.4 Å². The molecule has 0 aliphatic rings. The highest BCUT2D eigenvalue weighted by molar-refractivity contribution is 5.28. The second-order valence-electron chi connectivity index (χ2n) is 6.48. The summed E-state index contributed by atoms with van der Waals surface area (Å²) in [6, 6.07) is 26.1. The van der Waals surface area contributed by atoms with Crippen LogP contribution in [-0.2, 0) is 13.2 Å². The summed E-state index contributed by atoms with van der Waals surface area (Å²) in [7, 11) is 0. The number of aliphatic hydroxyl groups is 1. The van der Waals surface area contributed by atoms with Crippen molar-refractivity contribution >= 4 is 0 Å². The van der Waals surface area contributed by atoms with Gasteiger partial charge in [0.15, 0.2) is 0 Å². The molecular weight excluding hydrogens is 322 g/mol. The van der Waals surface area contributed by atoms with Crippen molar-refractivity contribution in [3.63, 3.8) is 0 Å². The molecule has 0 saturated heterocycles. The first-order valence-corrected chi connectivity index (χ1v) is 8.92. The van der Waals surface area contributed by atoms with E-state index in [4.69, 9.17) is 4.74 Å². The number of hydrogen-bond donors (Lipinski definition) is 2. The summed E-state index contributed by atoms with van der Waals surface area (Å²) in [6.45, 7) is 3.88. The molecule has 0 fully saturated rings. The zero-order chi connectivity index (χ0) is 18.2. The molecule has 0 bridgehead atoms.